The van der Waals surface area contributed by atoms with Crippen LogP contribution >= 0.6 is 0 Å². The summed E-state index contributed by atoms with van der Waals surface area (Å²) in [5.41, 5.74) is 3.92. The fraction of sp³-hybridized carbons (Fsp3) is 0.118. The summed E-state index contributed by atoms with van der Waals surface area (Å²) in [7, 11) is 0. The van der Waals surface area contributed by atoms with Crippen molar-refractivity contribution in [3.8, 4) is 0 Å². The minimum atomic E-state index is 0.140. The van der Waals surface area contributed by atoms with E-state index in [9.17, 15) is 4.79 Å². The summed E-state index contributed by atoms with van der Waals surface area (Å²) in [4.78, 5) is 12.4. The van der Waals surface area contributed by atoms with Gasteiger partial charge in [-0.2, -0.15) is 0 Å². The molecule has 0 radical (unpaired) electrons. The summed E-state index contributed by atoms with van der Waals surface area (Å²) < 4.78 is 0. The number of hydrogen-bond acceptors (Lipinski definition) is 1. The molecule has 1 aliphatic rings. The Kier molecular flexibility index (Phi) is 2.60. The van der Waals surface area contributed by atoms with Gasteiger partial charge >= 0.3 is 0 Å². The molecule has 0 saturated carbocycles. The zero-order valence-electron chi connectivity index (χ0n) is 10.1. The molecule has 0 atom stereocenters. The van der Waals surface area contributed by atoms with Crippen LogP contribution in [0.15, 0.2) is 61.2 Å². The predicted octanol–water partition coefficient (Wildman–Crippen LogP) is 3.94. The fourth-order valence-electron chi connectivity index (χ4n) is 2.75. The lowest BCUT2D eigenvalue weighted by atomic mass is 9.76. The van der Waals surface area contributed by atoms with Gasteiger partial charge in [0.2, 0.25) is 0 Å². The van der Waals surface area contributed by atoms with Crippen LogP contribution in [0.3, 0.4) is 0 Å². The minimum Gasteiger partial charge on any atom is -0.289 e. The van der Waals surface area contributed by atoms with E-state index in [2.05, 4.69) is 18.7 Å². The van der Waals surface area contributed by atoms with Crippen molar-refractivity contribution >= 4 is 5.78 Å². The first-order chi connectivity index (χ1) is 8.83. The highest BCUT2D eigenvalue weighted by molar-refractivity contribution is 6.12. The minimum absolute atomic E-state index is 0.140. The molecule has 0 spiro atoms. The topological polar surface area (TPSA) is 17.1 Å². The lowest BCUT2D eigenvalue weighted by Gasteiger charge is -2.26. The Morgan fingerprint density at radius 3 is 1.94 bits per heavy atom. The van der Waals surface area contributed by atoms with Crippen LogP contribution in [0.4, 0.5) is 0 Å². The number of fused-ring (bicyclic) bond motifs is 2. The number of benzene rings is 2. The van der Waals surface area contributed by atoms with Gasteiger partial charge in [0.25, 0.3) is 0 Å². The van der Waals surface area contributed by atoms with Gasteiger partial charge in [0.15, 0.2) is 5.78 Å². The van der Waals surface area contributed by atoms with E-state index in [1.165, 1.54) is 0 Å². The van der Waals surface area contributed by atoms with Crippen molar-refractivity contribution in [1.82, 2.24) is 0 Å². The molecular weight excluding hydrogens is 220 g/mol. The lowest BCUT2D eigenvalue weighted by molar-refractivity contribution is 0.103. The molecule has 0 heterocycles. The summed E-state index contributed by atoms with van der Waals surface area (Å²) in [6, 6.07) is 15.8. The zero-order valence-corrected chi connectivity index (χ0v) is 10.1. The Hall–Kier alpha value is -2.15. The summed E-state index contributed by atoms with van der Waals surface area (Å²) in [5.74, 6) is 0.397. The van der Waals surface area contributed by atoms with Crippen molar-refractivity contribution in [2.24, 2.45) is 0 Å². The summed E-state index contributed by atoms with van der Waals surface area (Å²) in [6.45, 7) is 3.83. The first-order valence-corrected chi connectivity index (χ1v) is 6.16. The first kappa shape index (κ1) is 11.0. The molecule has 0 unspecified atom stereocenters. The van der Waals surface area contributed by atoms with Crippen molar-refractivity contribution in [3.05, 3.63) is 83.4 Å². The van der Waals surface area contributed by atoms with Crippen LogP contribution in [0.5, 0.6) is 0 Å². The molecule has 3 rings (SSSR count). The van der Waals surface area contributed by atoms with Crippen LogP contribution in [0.1, 0.15) is 39.4 Å². The van der Waals surface area contributed by atoms with Gasteiger partial charge in [-0.15, -0.1) is 6.58 Å². The molecule has 1 heteroatoms. The van der Waals surface area contributed by atoms with Gasteiger partial charge in [0.1, 0.15) is 0 Å². The van der Waals surface area contributed by atoms with Gasteiger partial charge in [-0.1, -0.05) is 54.6 Å². The molecular formula is C17H14O. The second-order valence-corrected chi connectivity index (χ2v) is 4.58. The van der Waals surface area contributed by atoms with E-state index in [0.29, 0.717) is 0 Å². The highest BCUT2D eigenvalue weighted by atomic mass is 16.1. The Bertz CT molecular complexity index is 576. The molecule has 0 aromatic heterocycles. The number of allylic oxidation sites excluding steroid dienone is 1. The average Bonchev–Trinajstić information content (AvgIpc) is 2.43. The molecule has 2 aromatic rings. The second-order valence-electron chi connectivity index (χ2n) is 4.58. The van der Waals surface area contributed by atoms with Crippen LogP contribution in [0, 0.1) is 0 Å². The predicted molar refractivity (Wildman–Crippen MR) is 73.0 cm³/mol. The Morgan fingerprint density at radius 1 is 0.944 bits per heavy atom. The standard InChI is InChI=1S/C17H14O/c1-2-7-12-13-8-3-5-10-15(13)17(18)16-11-6-4-9-14(12)16/h2-6,8-12H,1,7H2. The molecule has 0 bridgehead atoms. The van der Waals surface area contributed by atoms with Gasteiger partial charge in [-0.3, -0.25) is 4.79 Å². The van der Waals surface area contributed by atoms with E-state index in [-0.39, 0.29) is 11.7 Å². The number of rotatable bonds is 2. The van der Waals surface area contributed by atoms with Crippen LogP contribution in [0.2, 0.25) is 0 Å². The maximum atomic E-state index is 12.4. The summed E-state index contributed by atoms with van der Waals surface area (Å²) in [6.07, 6.45) is 2.79. The lowest BCUT2D eigenvalue weighted by Crippen LogP contribution is -2.19. The smallest absolute Gasteiger partial charge is 0.193 e. The van der Waals surface area contributed by atoms with Gasteiger partial charge < -0.3 is 0 Å². The maximum absolute atomic E-state index is 12.4. The zero-order chi connectivity index (χ0) is 12.5. The molecule has 0 amide bonds. The molecule has 0 saturated heterocycles. The van der Waals surface area contributed by atoms with E-state index in [4.69, 9.17) is 0 Å². The van der Waals surface area contributed by atoms with Crippen molar-refractivity contribution in [1.29, 1.82) is 0 Å². The molecule has 0 N–H and O–H groups in total. The van der Waals surface area contributed by atoms with Crippen LogP contribution in [0.25, 0.3) is 0 Å². The van der Waals surface area contributed by atoms with Gasteiger partial charge in [-0.05, 0) is 17.5 Å². The van der Waals surface area contributed by atoms with Gasteiger partial charge in [0, 0.05) is 17.0 Å². The SMILES string of the molecule is C=CCC1c2ccccc2C(=O)c2ccccc21. The highest BCUT2D eigenvalue weighted by Gasteiger charge is 2.29. The van der Waals surface area contributed by atoms with E-state index in [1.54, 1.807) is 0 Å². The third kappa shape index (κ3) is 1.52. The molecule has 2 aromatic carbocycles. The molecule has 1 aliphatic carbocycles. The van der Waals surface area contributed by atoms with Gasteiger partial charge in [-0.25, -0.2) is 0 Å². The molecule has 1 nitrogen and oxygen atoms in total. The van der Waals surface area contributed by atoms with E-state index in [1.807, 2.05) is 42.5 Å². The number of ketones is 1. The molecule has 0 aliphatic heterocycles. The number of carbonyl (C=O) groups is 1. The van der Waals surface area contributed by atoms with Crippen molar-refractivity contribution in [2.45, 2.75) is 12.3 Å². The van der Waals surface area contributed by atoms with Crippen molar-refractivity contribution in [3.63, 3.8) is 0 Å². The van der Waals surface area contributed by atoms with E-state index >= 15 is 0 Å². The molecule has 18 heavy (non-hydrogen) atoms. The van der Waals surface area contributed by atoms with Crippen LogP contribution in [-0.2, 0) is 0 Å². The Labute approximate surface area is 107 Å². The summed E-state index contributed by atoms with van der Waals surface area (Å²) in [5, 5.41) is 0. The first-order valence-electron chi connectivity index (χ1n) is 6.16. The maximum Gasteiger partial charge on any atom is 0.193 e. The third-order valence-electron chi connectivity index (χ3n) is 3.56. The average molecular weight is 234 g/mol. The summed E-state index contributed by atoms with van der Waals surface area (Å²) >= 11 is 0. The molecule has 88 valence electrons. The van der Waals surface area contributed by atoms with Crippen molar-refractivity contribution < 1.29 is 4.79 Å². The highest BCUT2D eigenvalue weighted by Crippen LogP contribution is 2.38. The number of hydrogen-bond donors (Lipinski definition) is 0. The number of carbonyl (C=O) groups excluding carboxylic acids is 1. The van der Waals surface area contributed by atoms with Crippen LogP contribution in [-0.4, -0.2) is 5.78 Å². The monoisotopic (exact) mass is 234 g/mol. The van der Waals surface area contributed by atoms with Crippen LogP contribution < -0.4 is 0 Å². The fourth-order valence-corrected chi connectivity index (χ4v) is 2.75. The molecule has 0 fully saturated rings. The second kappa shape index (κ2) is 4.26. The normalized spacial score (nSPS) is 13.9. The van der Waals surface area contributed by atoms with E-state index in [0.717, 1.165) is 28.7 Å². The van der Waals surface area contributed by atoms with E-state index < -0.39 is 0 Å². The quantitative estimate of drug-likeness (QED) is 0.719. The van der Waals surface area contributed by atoms with Crippen molar-refractivity contribution in [2.75, 3.05) is 0 Å². The Balaban J connectivity index is 2.26. The third-order valence-corrected chi connectivity index (χ3v) is 3.56. The van der Waals surface area contributed by atoms with Gasteiger partial charge in [0.05, 0.1) is 0 Å². The Morgan fingerprint density at radius 2 is 1.44 bits per heavy atom. The largest absolute Gasteiger partial charge is 0.289 e.